The summed E-state index contributed by atoms with van der Waals surface area (Å²) >= 11 is 6.01. The lowest BCUT2D eigenvalue weighted by atomic mass is 9.80. The van der Waals surface area contributed by atoms with Crippen molar-refractivity contribution in [1.29, 1.82) is 0 Å². The molecule has 1 saturated heterocycles. The summed E-state index contributed by atoms with van der Waals surface area (Å²) in [6, 6.07) is 12.2. The Morgan fingerprint density at radius 1 is 1.06 bits per heavy atom. The largest absolute Gasteiger partial charge is 0.497 e. The summed E-state index contributed by atoms with van der Waals surface area (Å²) in [5.41, 5.74) is 1.50. The minimum atomic E-state index is -0.531. The third-order valence-corrected chi connectivity index (χ3v) is 7.31. The molecule has 0 aliphatic carbocycles. The monoisotopic (exact) mass is 512 g/mol. The lowest BCUT2D eigenvalue weighted by molar-refractivity contribution is -0.259. The fraction of sp³-hybridized carbons (Fsp3) is 0.429. The number of nitrogens with zero attached hydrogens (tertiary/aromatic N) is 2. The maximum Gasteiger partial charge on any atom is 0.310 e. The maximum atomic E-state index is 13.5. The van der Waals surface area contributed by atoms with Gasteiger partial charge in [0, 0.05) is 45.6 Å². The first-order valence-corrected chi connectivity index (χ1v) is 12.4. The molecule has 1 N–H and O–H groups in total. The summed E-state index contributed by atoms with van der Waals surface area (Å²) in [5.74, 6) is 0.0479. The summed E-state index contributed by atoms with van der Waals surface area (Å²) in [7, 11) is 1.58. The number of rotatable bonds is 5. The van der Waals surface area contributed by atoms with Crippen molar-refractivity contribution in [1.82, 2.24) is 9.63 Å². The number of ether oxygens (including phenoxy) is 2. The second-order valence-corrected chi connectivity index (χ2v) is 11.2. The normalized spacial score (nSPS) is 17.8. The minimum Gasteiger partial charge on any atom is -0.497 e. The SMILES string of the molecule is COc1ccc2c(c1)c(CC(=O)OC1CC(C)(C)N(O)C(C)(C)C1)c(C)n2C(=O)c1ccc(Cl)cc1. The maximum absolute atomic E-state index is 13.5. The number of aromatic nitrogens is 1. The third-order valence-electron chi connectivity index (χ3n) is 7.06. The molecule has 1 fully saturated rings. The Bertz CT molecular complexity index is 1290. The van der Waals surface area contributed by atoms with E-state index in [-0.39, 0.29) is 24.4 Å². The Morgan fingerprint density at radius 3 is 2.25 bits per heavy atom. The zero-order valence-electron chi connectivity index (χ0n) is 21.6. The molecular weight excluding hydrogens is 480 g/mol. The highest BCUT2D eigenvalue weighted by Crippen LogP contribution is 2.38. The molecule has 7 nitrogen and oxygen atoms in total. The number of halogens is 1. The molecule has 0 unspecified atom stereocenters. The van der Waals surface area contributed by atoms with Gasteiger partial charge < -0.3 is 14.7 Å². The van der Waals surface area contributed by atoms with Crippen LogP contribution in [0.1, 0.15) is 62.2 Å². The molecule has 2 heterocycles. The van der Waals surface area contributed by atoms with Crippen molar-refractivity contribution >= 4 is 34.4 Å². The van der Waals surface area contributed by atoms with Crippen molar-refractivity contribution in [3.05, 3.63) is 64.3 Å². The summed E-state index contributed by atoms with van der Waals surface area (Å²) in [5, 5.41) is 13.2. The van der Waals surface area contributed by atoms with Crippen LogP contribution in [0.4, 0.5) is 0 Å². The molecule has 0 atom stereocenters. The first-order chi connectivity index (χ1) is 16.8. The molecule has 1 aliphatic heterocycles. The fourth-order valence-electron chi connectivity index (χ4n) is 5.43. The molecule has 1 aromatic heterocycles. The van der Waals surface area contributed by atoms with Gasteiger partial charge in [-0.3, -0.25) is 14.2 Å². The number of piperidine rings is 1. The van der Waals surface area contributed by atoms with E-state index in [0.717, 1.165) is 5.39 Å². The quantitative estimate of drug-likeness (QED) is 0.435. The Morgan fingerprint density at radius 2 is 1.67 bits per heavy atom. The van der Waals surface area contributed by atoms with Gasteiger partial charge in [0.1, 0.15) is 11.9 Å². The molecule has 1 aliphatic rings. The molecule has 36 heavy (non-hydrogen) atoms. The van der Waals surface area contributed by atoms with Crippen LogP contribution in [0.25, 0.3) is 10.9 Å². The van der Waals surface area contributed by atoms with Crippen LogP contribution in [-0.4, -0.2) is 51.0 Å². The fourth-order valence-corrected chi connectivity index (χ4v) is 5.56. The Kier molecular flexibility index (Phi) is 6.94. The topological polar surface area (TPSA) is 81.0 Å². The van der Waals surface area contributed by atoms with E-state index in [9.17, 15) is 14.8 Å². The van der Waals surface area contributed by atoms with E-state index in [1.807, 2.05) is 46.8 Å². The Labute approximate surface area is 216 Å². The number of methoxy groups -OCH3 is 1. The van der Waals surface area contributed by atoms with E-state index < -0.39 is 11.1 Å². The summed E-state index contributed by atoms with van der Waals surface area (Å²) in [6.45, 7) is 9.56. The molecule has 192 valence electrons. The molecule has 0 radical (unpaired) electrons. The third kappa shape index (κ3) is 4.88. The molecule has 2 aromatic carbocycles. The van der Waals surface area contributed by atoms with Crippen molar-refractivity contribution in [2.24, 2.45) is 0 Å². The minimum absolute atomic E-state index is 0.0105. The number of hydrogen-bond donors (Lipinski definition) is 1. The second-order valence-electron chi connectivity index (χ2n) is 10.7. The van der Waals surface area contributed by atoms with Crippen LogP contribution in [0.3, 0.4) is 0 Å². The van der Waals surface area contributed by atoms with Crippen LogP contribution >= 0.6 is 11.6 Å². The van der Waals surface area contributed by atoms with E-state index in [1.165, 1.54) is 5.06 Å². The molecule has 0 saturated carbocycles. The van der Waals surface area contributed by atoms with Crippen molar-refractivity contribution in [3.8, 4) is 5.75 Å². The van der Waals surface area contributed by atoms with Crippen molar-refractivity contribution in [2.75, 3.05) is 7.11 Å². The van der Waals surface area contributed by atoms with Crippen molar-refractivity contribution in [2.45, 2.75) is 71.1 Å². The number of benzene rings is 2. The van der Waals surface area contributed by atoms with Crippen LogP contribution in [0.2, 0.25) is 5.02 Å². The molecule has 0 bridgehead atoms. The van der Waals surface area contributed by atoms with Gasteiger partial charge in [-0.05, 0) is 82.6 Å². The van der Waals surface area contributed by atoms with E-state index in [2.05, 4.69) is 0 Å². The van der Waals surface area contributed by atoms with E-state index in [0.29, 0.717) is 46.0 Å². The highest BCUT2D eigenvalue weighted by molar-refractivity contribution is 6.30. The number of fused-ring (bicyclic) bond motifs is 1. The highest BCUT2D eigenvalue weighted by Gasteiger charge is 2.46. The number of carbonyl (C=O) groups is 2. The molecule has 3 aromatic rings. The van der Waals surface area contributed by atoms with Gasteiger partial charge in [-0.2, -0.15) is 5.06 Å². The zero-order valence-corrected chi connectivity index (χ0v) is 22.3. The van der Waals surface area contributed by atoms with Gasteiger partial charge in [-0.25, -0.2) is 0 Å². The van der Waals surface area contributed by atoms with Crippen molar-refractivity contribution < 1.29 is 24.3 Å². The van der Waals surface area contributed by atoms with Gasteiger partial charge in [0.15, 0.2) is 0 Å². The average molecular weight is 513 g/mol. The smallest absolute Gasteiger partial charge is 0.310 e. The van der Waals surface area contributed by atoms with Crippen LogP contribution in [-0.2, 0) is 16.0 Å². The van der Waals surface area contributed by atoms with Crippen molar-refractivity contribution in [3.63, 3.8) is 0 Å². The van der Waals surface area contributed by atoms with Crippen LogP contribution < -0.4 is 4.74 Å². The first-order valence-electron chi connectivity index (χ1n) is 12.0. The summed E-state index contributed by atoms with van der Waals surface area (Å²) < 4.78 is 13.0. The van der Waals surface area contributed by atoms with E-state index in [1.54, 1.807) is 42.0 Å². The molecule has 8 heteroatoms. The second kappa shape index (κ2) is 9.54. The predicted octanol–water partition coefficient (Wildman–Crippen LogP) is 5.80. The first kappa shape index (κ1) is 26.2. The van der Waals surface area contributed by atoms with Crippen LogP contribution in [0, 0.1) is 6.92 Å². The standard InChI is InChI=1S/C28H33ClN2O5/c1-17-22(14-25(32)36-21-15-27(2,3)31(34)28(4,5)16-21)23-13-20(35-6)11-12-24(23)30(17)26(33)18-7-9-19(29)10-8-18/h7-13,21,34H,14-16H2,1-6H3. The molecule has 0 spiro atoms. The summed E-state index contributed by atoms with van der Waals surface area (Å²) in [4.78, 5) is 26.7. The summed E-state index contributed by atoms with van der Waals surface area (Å²) in [6.07, 6.45) is 0.714. The Hall–Kier alpha value is -2.87. The highest BCUT2D eigenvalue weighted by atomic mass is 35.5. The molecule has 4 rings (SSSR count). The van der Waals surface area contributed by atoms with Gasteiger partial charge in [0.2, 0.25) is 0 Å². The van der Waals surface area contributed by atoms with Gasteiger partial charge in [-0.15, -0.1) is 0 Å². The number of hydroxylamine groups is 2. The zero-order chi connectivity index (χ0) is 26.4. The number of esters is 1. The number of carbonyl (C=O) groups excluding carboxylic acids is 2. The molecule has 0 amide bonds. The molecular formula is C28H33ClN2O5. The van der Waals surface area contributed by atoms with Crippen LogP contribution in [0.15, 0.2) is 42.5 Å². The average Bonchev–Trinajstić information content (AvgIpc) is 3.07. The van der Waals surface area contributed by atoms with Gasteiger partial charge in [0.05, 0.1) is 19.0 Å². The lowest BCUT2D eigenvalue weighted by Gasteiger charge is -2.50. The van der Waals surface area contributed by atoms with E-state index >= 15 is 0 Å². The predicted molar refractivity (Wildman–Crippen MR) is 139 cm³/mol. The number of hydrogen-bond acceptors (Lipinski definition) is 6. The van der Waals surface area contributed by atoms with Gasteiger partial charge in [0.25, 0.3) is 5.91 Å². The Balaban J connectivity index is 1.67. The van der Waals surface area contributed by atoms with Gasteiger partial charge >= 0.3 is 5.97 Å². The lowest BCUT2D eigenvalue weighted by Crippen LogP contribution is -2.60. The van der Waals surface area contributed by atoms with E-state index in [4.69, 9.17) is 21.1 Å². The van der Waals surface area contributed by atoms with Crippen LogP contribution in [0.5, 0.6) is 5.75 Å². The van der Waals surface area contributed by atoms with Gasteiger partial charge in [-0.1, -0.05) is 11.6 Å².